The van der Waals surface area contributed by atoms with E-state index < -0.39 is 16.1 Å². The molecule has 1 amide bonds. The van der Waals surface area contributed by atoms with Crippen molar-refractivity contribution in [3.63, 3.8) is 0 Å². The predicted molar refractivity (Wildman–Crippen MR) is 86.4 cm³/mol. The van der Waals surface area contributed by atoms with Gasteiger partial charge in [0.05, 0.1) is 10.9 Å². The summed E-state index contributed by atoms with van der Waals surface area (Å²) in [4.78, 5) is 12.0. The van der Waals surface area contributed by atoms with Gasteiger partial charge in [-0.15, -0.1) is 0 Å². The number of rotatable bonds is 7. The maximum absolute atomic E-state index is 12.1. The molecule has 0 saturated heterocycles. The van der Waals surface area contributed by atoms with Crippen LogP contribution in [0.5, 0.6) is 0 Å². The normalized spacial score (nSPS) is 13.2. The molecule has 1 aromatic carbocycles. The van der Waals surface area contributed by atoms with Crippen LogP contribution in [0.25, 0.3) is 0 Å². The molecule has 0 aliphatic carbocycles. The van der Waals surface area contributed by atoms with E-state index in [1.54, 1.807) is 12.1 Å². The van der Waals surface area contributed by atoms with Crippen LogP contribution in [0.15, 0.2) is 33.6 Å². The van der Waals surface area contributed by atoms with Crippen molar-refractivity contribution in [1.29, 1.82) is 0 Å². The smallest absolute Gasteiger partial charge is 0.241 e. The van der Waals surface area contributed by atoms with E-state index in [0.717, 1.165) is 10.9 Å². The number of carbonyl (C=O) groups excluding carboxylic acids is 1. The third-order valence-corrected chi connectivity index (χ3v) is 4.96. The molecule has 1 aromatic rings. The van der Waals surface area contributed by atoms with Crippen LogP contribution in [0.1, 0.15) is 27.2 Å². The fraction of sp³-hybridized carbons (Fsp3) is 0.500. The molecule has 0 spiro atoms. The molecule has 5 nitrogen and oxygen atoms in total. The first-order chi connectivity index (χ1) is 9.72. The van der Waals surface area contributed by atoms with Crippen LogP contribution in [-0.2, 0) is 14.8 Å². The highest BCUT2D eigenvalue weighted by molar-refractivity contribution is 9.10. The molecular formula is C14H21BrN2O3S. The Kier molecular flexibility index (Phi) is 6.83. The Hall–Kier alpha value is -0.920. The molecule has 118 valence electrons. The molecule has 1 rings (SSSR count). The largest absolute Gasteiger partial charge is 0.355 e. The minimum atomic E-state index is -3.69. The van der Waals surface area contributed by atoms with Crippen LogP contribution in [0.4, 0.5) is 0 Å². The molecule has 0 aliphatic rings. The summed E-state index contributed by atoms with van der Waals surface area (Å²) in [6.07, 6.45) is 0.859. The Morgan fingerprint density at radius 3 is 2.29 bits per heavy atom. The summed E-state index contributed by atoms with van der Waals surface area (Å²) in [6.45, 7) is 6.19. The zero-order chi connectivity index (χ0) is 16.0. The number of hydrogen-bond acceptors (Lipinski definition) is 3. The van der Waals surface area contributed by atoms with Crippen molar-refractivity contribution >= 4 is 31.9 Å². The van der Waals surface area contributed by atoms with Crippen LogP contribution < -0.4 is 10.0 Å². The minimum absolute atomic E-state index is 0.132. The summed E-state index contributed by atoms with van der Waals surface area (Å²) in [5.41, 5.74) is 0. The van der Waals surface area contributed by atoms with Crippen molar-refractivity contribution in [1.82, 2.24) is 10.0 Å². The lowest BCUT2D eigenvalue weighted by atomic mass is 10.1. The highest BCUT2D eigenvalue weighted by atomic mass is 79.9. The standard InChI is InChI=1S/C14H21BrN2O3S/c1-10(2)8-9-16-14(18)11(3)17-21(19,20)13-6-4-12(15)5-7-13/h4-7,10-11,17H,8-9H2,1-3H3,(H,16,18)/t11-/m1/s1. The van der Waals surface area contributed by atoms with Crippen molar-refractivity contribution < 1.29 is 13.2 Å². The van der Waals surface area contributed by atoms with Crippen molar-refractivity contribution in [2.24, 2.45) is 5.92 Å². The fourth-order valence-electron chi connectivity index (χ4n) is 1.61. The van der Waals surface area contributed by atoms with Gasteiger partial charge in [-0.05, 0) is 43.5 Å². The molecule has 0 radical (unpaired) electrons. The van der Waals surface area contributed by atoms with Gasteiger partial charge < -0.3 is 5.32 Å². The molecular weight excluding hydrogens is 356 g/mol. The molecule has 0 aliphatic heterocycles. The van der Waals surface area contributed by atoms with Gasteiger partial charge in [-0.1, -0.05) is 29.8 Å². The molecule has 0 saturated carbocycles. The molecule has 0 bridgehead atoms. The summed E-state index contributed by atoms with van der Waals surface area (Å²) < 4.78 is 27.4. The van der Waals surface area contributed by atoms with E-state index in [9.17, 15) is 13.2 Å². The van der Waals surface area contributed by atoms with Gasteiger partial charge in [0.15, 0.2) is 0 Å². The van der Waals surface area contributed by atoms with Gasteiger partial charge >= 0.3 is 0 Å². The molecule has 0 unspecified atom stereocenters. The average molecular weight is 377 g/mol. The quantitative estimate of drug-likeness (QED) is 0.766. The fourth-order valence-corrected chi connectivity index (χ4v) is 3.07. The predicted octanol–water partition coefficient (Wildman–Crippen LogP) is 2.28. The monoisotopic (exact) mass is 376 g/mol. The first-order valence-corrected chi connectivity index (χ1v) is 9.05. The third-order valence-electron chi connectivity index (χ3n) is 2.87. The van der Waals surface area contributed by atoms with Crippen molar-refractivity contribution in [2.75, 3.05) is 6.54 Å². The van der Waals surface area contributed by atoms with Crippen LogP contribution in [-0.4, -0.2) is 26.9 Å². The van der Waals surface area contributed by atoms with Gasteiger partial charge in [-0.25, -0.2) is 8.42 Å². The van der Waals surface area contributed by atoms with E-state index >= 15 is 0 Å². The maximum atomic E-state index is 12.1. The van der Waals surface area contributed by atoms with E-state index in [0.29, 0.717) is 12.5 Å². The van der Waals surface area contributed by atoms with Gasteiger partial charge in [0.1, 0.15) is 0 Å². The zero-order valence-corrected chi connectivity index (χ0v) is 14.8. The number of sulfonamides is 1. The van der Waals surface area contributed by atoms with Crippen LogP contribution in [0.2, 0.25) is 0 Å². The number of halogens is 1. The Bertz CT molecular complexity index is 570. The highest BCUT2D eigenvalue weighted by Gasteiger charge is 2.21. The van der Waals surface area contributed by atoms with E-state index in [-0.39, 0.29) is 10.8 Å². The molecule has 0 fully saturated rings. The van der Waals surface area contributed by atoms with E-state index in [4.69, 9.17) is 0 Å². The second-order valence-electron chi connectivity index (χ2n) is 5.27. The maximum Gasteiger partial charge on any atom is 0.241 e. The number of benzene rings is 1. The Labute approximate surface area is 134 Å². The number of carbonyl (C=O) groups is 1. The van der Waals surface area contributed by atoms with Gasteiger partial charge in [0.2, 0.25) is 15.9 Å². The van der Waals surface area contributed by atoms with Crippen LogP contribution in [0, 0.1) is 5.92 Å². The molecule has 0 aromatic heterocycles. The molecule has 2 N–H and O–H groups in total. The lowest BCUT2D eigenvalue weighted by Gasteiger charge is -2.15. The molecule has 21 heavy (non-hydrogen) atoms. The second kappa shape index (κ2) is 7.91. The van der Waals surface area contributed by atoms with Gasteiger partial charge in [-0.2, -0.15) is 4.72 Å². The first-order valence-electron chi connectivity index (χ1n) is 6.78. The minimum Gasteiger partial charge on any atom is -0.355 e. The van der Waals surface area contributed by atoms with Gasteiger partial charge in [0.25, 0.3) is 0 Å². The highest BCUT2D eigenvalue weighted by Crippen LogP contribution is 2.14. The van der Waals surface area contributed by atoms with Gasteiger partial charge in [-0.3, -0.25) is 4.79 Å². The van der Waals surface area contributed by atoms with Gasteiger partial charge in [0, 0.05) is 11.0 Å². The molecule has 0 heterocycles. The van der Waals surface area contributed by atoms with E-state index in [1.165, 1.54) is 19.1 Å². The Morgan fingerprint density at radius 2 is 1.76 bits per heavy atom. The average Bonchev–Trinajstić information content (AvgIpc) is 2.38. The summed E-state index contributed by atoms with van der Waals surface area (Å²) in [6, 6.07) is 5.43. The van der Waals surface area contributed by atoms with Crippen LogP contribution >= 0.6 is 15.9 Å². The molecule has 7 heteroatoms. The number of nitrogens with one attached hydrogen (secondary N) is 2. The van der Waals surface area contributed by atoms with Crippen molar-refractivity contribution in [3.8, 4) is 0 Å². The second-order valence-corrected chi connectivity index (χ2v) is 7.90. The Balaban J connectivity index is 2.62. The number of hydrogen-bond donors (Lipinski definition) is 2. The summed E-state index contributed by atoms with van der Waals surface area (Å²) >= 11 is 3.25. The first kappa shape index (κ1) is 18.1. The lowest BCUT2D eigenvalue weighted by Crippen LogP contribution is -2.45. The lowest BCUT2D eigenvalue weighted by molar-refractivity contribution is -0.122. The summed E-state index contributed by atoms with van der Waals surface area (Å²) in [7, 11) is -3.69. The number of amides is 1. The van der Waals surface area contributed by atoms with E-state index in [1.807, 2.05) is 0 Å². The van der Waals surface area contributed by atoms with E-state index in [2.05, 4.69) is 39.8 Å². The molecule has 1 atom stereocenters. The SMILES string of the molecule is CC(C)CCNC(=O)[C@@H](C)NS(=O)(=O)c1ccc(Br)cc1. The van der Waals surface area contributed by atoms with Crippen molar-refractivity contribution in [3.05, 3.63) is 28.7 Å². The summed E-state index contributed by atoms with van der Waals surface area (Å²) in [5, 5.41) is 2.72. The zero-order valence-electron chi connectivity index (χ0n) is 12.4. The Morgan fingerprint density at radius 1 is 1.19 bits per heavy atom. The topological polar surface area (TPSA) is 75.3 Å². The third kappa shape index (κ3) is 6.15. The van der Waals surface area contributed by atoms with Crippen molar-refractivity contribution in [2.45, 2.75) is 38.1 Å². The van der Waals surface area contributed by atoms with Crippen LogP contribution in [0.3, 0.4) is 0 Å². The summed E-state index contributed by atoms with van der Waals surface area (Å²) in [5.74, 6) is 0.163.